The number of hydrogen-bond donors (Lipinski definition) is 1. The van der Waals surface area contributed by atoms with Gasteiger partial charge in [0.25, 0.3) is 0 Å². The summed E-state index contributed by atoms with van der Waals surface area (Å²) in [6.07, 6.45) is 0. The predicted molar refractivity (Wildman–Crippen MR) is 79.2 cm³/mol. The minimum absolute atomic E-state index is 0.326. The van der Waals surface area contributed by atoms with Crippen LogP contribution in [-0.2, 0) is 6.54 Å². The molecule has 0 spiro atoms. The van der Waals surface area contributed by atoms with Crippen molar-refractivity contribution in [2.75, 3.05) is 0 Å². The van der Waals surface area contributed by atoms with Crippen LogP contribution < -0.4 is 0 Å². The summed E-state index contributed by atoms with van der Waals surface area (Å²) in [5.74, 6) is -0.895. The molecule has 3 nitrogen and oxygen atoms in total. The summed E-state index contributed by atoms with van der Waals surface area (Å²) in [5, 5.41) is 10.3. The van der Waals surface area contributed by atoms with Crippen molar-refractivity contribution in [3.05, 3.63) is 71.4 Å². The number of rotatable bonds is 3. The zero-order valence-electron chi connectivity index (χ0n) is 11.2. The summed E-state index contributed by atoms with van der Waals surface area (Å²) in [7, 11) is 0. The summed E-state index contributed by atoms with van der Waals surface area (Å²) in [6, 6.07) is 17.6. The molecule has 1 N–H and O–H groups in total. The molecule has 0 atom stereocenters. The molecule has 1 heterocycles. The molecule has 0 aliphatic heterocycles. The van der Waals surface area contributed by atoms with E-state index in [-0.39, 0.29) is 0 Å². The molecule has 20 heavy (non-hydrogen) atoms. The van der Waals surface area contributed by atoms with Crippen LogP contribution in [0.4, 0.5) is 0 Å². The Hall–Kier alpha value is -2.55. The molecule has 1 aromatic heterocycles. The highest BCUT2D eigenvalue weighted by Gasteiger charge is 2.14. The Bertz CT molecular complexity index is 769. The highest BCUT2D eigenvalue weighted by molar-refractivity contribution is 5.94. The van der Waals surface area contributed by atoms with Crippen molar-refractivity contribution in [3.63, 3.8) is 0 Å². The van der Waals surface area contributed by atoms with Gasteiger partial charge in [-0.25, -0.2) is 4.79 Å². The van der Waals surface area contributed by atoms with Crippen LogP contribution in [-0.4, -0.2) is 15.6 Å². The summed E-state index contributed by atoms with van der Waals surface area (Å²) < 4.78 is 1.85. The topological polar surface area (TPSA) is 42.2 Å². The van der Waals surface area contributed by atoms with E-state index in [0.29, 0.717) is 12.2 Å². The van der Waals surface area contributed by atoms with Crippen LogP contribution >= 0.6 is 0 Å². The van der Waals surface area contributed by atoms with Gasteiger partial charge in [0.15, 0.2) is 0 Å². The summed E-state index contributed by atoms with van der Waals surface area (Å²) in [5.41, 5.74) is 3.57. The Labute approximate surface area is 117 Å². The van der Waals surface area contributed by atoms with Crippen molar-refractivity contribution in [3.8, 4) is 0 Å². The van der Waals surface area contributed by atoms with Crippen LogP contribution in [0.15, 0.2) is 54.6 Å². The third-order valence-corrected chi connectivity index (χ3v) is 3.49. The smallest absolute Gasteiger partial charge is 0.352 e. The Morgan fingerprint density at radius 2 is 1.80 bits per heavy atom. The Balaban J connectivity index is 2.11. The number of benzene rings is 2. The van der Waals surface area contributed by atoms with Gasteiger partial charge in [0.2, 0.25) is 0 Å². The maximum Gasteiger partial charge on any atom is 0.352 e. The number of carbonyl (C=O) groups is 1. The molecular formula is C17H15NO2. The summed E-state index contributed by atoms with van der Waals surface area (Å²) >= 11 is 0. The maximum absolute atomic E-state index is 11.4. The number of para-hydroxylation sites is 1. The summed E-state index contributed by atoms with van der Waals surface area (Å²) in [6.45, 7) is 2.60. The monoisotopic (exact) mass is 265 g/mol. The third-order valence-electron chi connectivity index (χ3n) is 3.49. The highest BCUT2D eigenvalue weighted by Crippen LogP contribution is 2.21. The first kappa shape index (κ1) is 12.5. The second kappa shape index (κ2) is 4.85. The van der Waals surface area contributed by atoms with Gasteiger partial charge in [-0.3, -0.25) is 0 Å². The van der Waals surface area contributed by atoms with Crippen LogP contribution in [0.25, 0.3) is 10.9 Å². The predicted octanol–water partition coefficient (Wildman–Crippen LogP) is 3.70. The number of aromatic nitrogens is 1. The van der Waals surface area contributed by atoms with Crippen molar-refractivity contribution < 1.29 is 9.90 Å². The van der Waals surface area contributed by atoms with E-state index < -0.39 is 5.97 Å². The van der Waals surface area contributed by atoms with Crippen LogP contribution in [0.1, 0.15) is 21.6 Å². The van der Waals surface area contributed by atoms with E-state index in [4.69, 9.17) is 0 Å². The molecule has 0 aliphatic rings. The standard InChI is InChI=1S/C17H15NO2/c1-12-6-8-13(9-7-12)11-18-15-5-3-2-4-14(15)10-16(18)17(19)20/h2-10H,11H2,1H3,(H,19,20). The second-order valence-corrected chi connectivity index (χ2v) is 4.97. The third kappa shape index (κ3) is 2.18. The van der Waals surface area contributed by atoms with Crippen molar-refractivity contribution in [2.45, 2.75) is 13.5 Å². The zero-order valence-corrected chi connectivity index (χ0v) is 11.2. The Morgan fingerprint density at radius 1 is 1.10 bits per heavy atom. The van der Waals surface area contributed by atoms with E-state index in [1.54, 1.807) is 6.07 Å². The first-order valence-electron chi connectivity index (χ1n) is 6.52. The van der Waals surface area contributed by atoms with Gasteiger partial charge in [-0.1, -0.05) is 48.0 Å². The van der Waals surface area contributed by atoms with Gasteiger partial charge in [-0.15, -0.1) is 0 Å². The molecule has 0 radical (unpaired) electrons. The molecule has 0 amide bonds. The molecule has 3 aromatic rings. The van der Waals surface area contributed by atoms with Crippen molar-refractivity contribution in [1.29, 1.82) is 0 Å². The molecule has 0 bridgehead atoms. The zero-order chi connectivity index (χ0) is 14.1. The van der Waals surface area contributed by atoms with Crippen LogP contribution in [0.2, 0.25) is 0 Å². The van der Waals surface area contributed by atoms with Crippen LogP contribution in [0.5, 0.6) is 0 Å². The van der Waals surface area contributed by atoms with E-state index >= 15 is 0 Å². The largest absolute Gasteiger partial charge is 0.477 e. The lowest BCUT2D eigenvalue weighted by atomic mass is 10.1. The van der Waals surface area contributed by atoms with Gasteiger partial charge in [-0.05, 0) is 24.6 Å². The van der Waals surface area contributed by atoms with Crippen molar-refractivity contribution in [1.82, 2.24) is 4.57 Å². The highest BCUT2D eigenvalue weighted by atomic mass is 16.4. The van der Waals surface area contributed by atoms with Gasteiger partial charge in [0, 0.05) is 17.4 Å². The first-order chi connectivity index (χ1) is 9.65. The minimum atomic E-state index is -0.895. The van der Waals surface area contributed by atoms with Crippen molar-refractivity contribution in [2.24, 2.45) is 0 Å². The van der Waals surface area contributed by atoms with E-state index in [2.05, 4.69) is 0 Å². The number of aromatic carboxylic acids is 1. The lowest BCUT2D eigenvalue weighted by Gasteiger charge is -2.09. The quantitative estimate of drug-likeness (QED) is 0.784. The van der Waals surface area contributed by atoms with Gasteiger partial charge in [0.05, 0.1) is 0 Å². The minimum Gasteiger partial charge on any atom is -0.477 e. The molecule has 0 unspecified atom stereocenters. The molecule has 3 heteroatoms. The van der Waals surface area contributed by atoms with E-state index in [1.165, 1.54) is 5.56 Å². The van der Waals surface area contributed by atoms with E-state index in [1.807, 2.05) is 60.0 Å². The van der Waals surface area contributed by atoms with Crippen molar-refractivity contribution >= 4 is 16.9 Å². The maximum atomic E-state index is 11.4. The molecule has 2 aromatic carbocycles. The van der Waals surface area contributed by atoms with Crippen LogP contribution in [0.3, 0.4) is 0 Å². The number of carboxylic acid groups (broad SMARTS) is 1. The lowest BCUT2D eigenvalue weighted by molar-refractivity contribution is 0.0686. The molecule has 0 aliphatic carbocycles. The number of nitrogens with zero attached hydrogens (tertiary/aromatic N) is 1. The number of aryl methyl sites for hydroxylation is 1. The fourth-order valence-electron chi connectivity index (χ4n) is 2.43. The normalized spacial score (nSPS) is 10.8. The van der Waals surface area contributed by atoms with Gasteiger partial charge in [-0.2, -0.15) is 0 Å². The molecular weight excluding hydrogens is 250 g/mol. The van der Waals surface area contributed by atoms with Gasteiger partial charge < -0.3 is 9.67 Å². The molecule has 0 fully saturated rings. The Morgan fingerprint density at radius 3 is 2.50 bits per heavy atom. The van der Waals surface area contributed by atoms with Gasteiger partial charge in [0.1, 0.15) is 5.69 Å². The first-order valence-corrected chi connectivity index (χ1v) is 6.52. The molecule has 0 saturated carbocycles. The molecule has 3 rings (SSSR count). The van der Waals surface area contributed by atoms with E-state index in [0.717, 1.165) is 16.5 Å². The number of hydrogen-bond acceptors (Lipinski definition) is 1. The molecule has 0 saturated heterocycles. The van der Waals surface area contributed by atoms with Gasteiger partial charge >= 0.3 is 5.97 Å². The SMILES string of the molecule is Cc1ccc(Cn2c(C(=O)O)cc3ccccc32)cc1. The number of carboxylic acids is 1. The fourth-order valence-corrected chi connectivity index (χ4v) is 2.43. The Kier molecular flexibility index (Phi) is 3.03. The lowest BCUT2D eigenvalue weighted by Crippen LogP contribution is -2.09. The fraction of sp³-hybridized carbons (Fsp3) is 0.118. The van der Waals surface area contributed by atoms with Crippen LogP contribution in [0, 0.1) is 6.92 Å². The molecule has 100 valence electrons. The summed E-state index contributed by atoms with van der Waals surface area (Å²) in [4.78, 5) is 11.4. The van der Waals surface area contributed by atoms with E-state index in [9.17, 15) is 9.90 Å². The average Bonchev–Trinajstić information content (AvgIpc) is 2.81. The second-order valence-electron chi connectivity index (χ2n) is 4.97. The average molecular weight is 265 g/mol. The number of fused-ring (bicyclic) bond motifs is 1.